The maximum absolute atomic E-state index is 12.3. The number of esters is 1. The highest BCUT2D eigenvalue weighted by molar-refractivity contribution is 6.45. The molecule has 1 saturated heterocycles. The lowest BCUT2D eigenvalue weighted by molar-refractivity contribution is 0.00578. The van der Waals surface area contributed by atoms with Gasteiger partial charge in [0.15, 0.2) is 5.69 Å². The number of aromatic nitrogens is 1. The van der Waals surface area contributed by atoms with E-state index in [9.17, 15) is 4.79 Å². The van der Waals surface area contributed by atoms with E-state index in [4.69, 9.17) is 14.0 Å². The van der Waals surface area contributed by atoms with Crippen molar-refractivity contribution in [2.24, 2.45) is 0 Å². The van der Waals surface area contributed by atoms with Crippen LogP contribution in [-0.4, -0.2) is 34.9 Å². The molecule has 0 aromatic carbocycles. The van der Waals surface area contributed by atoms with Crippen LogP contribution < -0.4 is 0 Å². The molecule has 2 heterocycles. The van der Waals surface area contributed by atoms with Crippen LogP contribution in [0.1, 0.15) is 70.9 Å². The number of nitrogens with zero attached hydrogens (tertiary/aromatic N) is 1. The zero-order valence-electron chi connectivity index (χ0n) is 16.5. The van der Waals surface area contributed by atoms with E-state index in [0.29, 0.717) is 5.69 Å². The summed E-state index contributed by atoms with van der Waals surface area (Å²) < 4.78 is 17.5. The lowest BCUT2D eigenvalue weighted by atomic mass is 9.81. The summed E-state index contributed by atoms with van der Waals surface area (Å²) in [7, 11) is -0.216. The minimum absolute atomic E-state index is 0.216. The predicted octanol–water partition coefficient (Wildman–Crippen LogP) is 4.06. The Morgan fingerprint density at radius 2 is 1.80 bits per heavy atom. The molecule has 0 unspecified atom stereocenters. The third-order valence-corrected chi connectivity index (χ3v) is 4.67. The molecule has 0 saturated carbocycles. The van der Waals surface area contributed by atoms with Crippen LogP contribution in [0.5, 0.6) is 0 Å². The Kier molecular flexibility index (Phi) is 5.64. The summed E-state index contributed by atoms with van der Waals surface area (Å²) in [5.41, 5.74) is 0.134. The first kappa shape index (κ1) is 19.9. The Labute approximate surface area is 151 Å². The molecule has 25 heavy (non-hydrogen) atoms. The number of hydrogen-bond donors (Lipinski definition) is 0. The lowest BCUT2D eigenvalue weighted by Crippen LogP contribution is -2.41. The molecule has 0 amide bonds. The first-order chi connectivity index (χ1) is 11.4. The summed E-state index contributed by atoms with van der Waals surface area (Å²) in [6.45, 7) is 13.8. The third-order valence-electron chi connectivity index (χ3n) is 4.67. The van der Waals surface area contributed by atoms with Crippen LogP contribution >= 0.6 is 0 Å². The molecule has 6 heteroatoms. The second kappa shape index (κ2) is 7.08. The van der Waals surface area contributed by atoms with Gasteiger partial charge in [-0.05, 0) is 72.8 Å². The Hall–Kier alpha value is -1.40. The minimum Gasteiger partial charge on any atom is -0.455 e. The van der Waals surface area contributed by atoms with Crippen molar-refractivity contribution in [3.8, 4) is 0 Å². The smallest absolute Gasteiger partial charge is 0.455 e. The molecule has 5 nitrogen and oxygen atoms in total. The van der Waals surface area contributed by atoms with Crippen molar-refractivity contribution >= 4 is 13.1 Å². The molecule has 138 valence electrons. The summed E-state index contributed by atoms with van der Waals surface area (Å²) >= 11 is 0. The number of pyridine rings is 1. The van der Waals surface area contributed by atoms with Crippen molar-refractivity contribution in [3.63, 3.8) is 0 Å². The summed E-state index contributed by atoms with van der Waals surface area (Å²) in [5.74, 6) is -0.376. The summed E-state index contributed by atoms with van der Waals surface area (Å²) in [4.78, 5) is 16.6. The van der Waals surface area contributed by atoms with Gasteiger partial charge < -0.3 is 14.0 Å². The fourth-order valence-corrected chi connectivity index (χ4v) is 2.69. The van der Waals surface area contributed by atoms with Crippen molar-refractivity contribution in [2.75, 3.05) is 0 Å². The van der Waals surface area contributed by atoms with Gasteiger partial charge in [0.25, 0.3) is 0 Å². The first-order valence-corrected chi connectivity index (χ1v) is 8.94. The number of hydrogen-bond acceptors (Lipinski definition) is 5. The quantitative estimate of drug-likeness (QED) is 0.594. The van der Waals surface area contributed by atoms with Gasteiger partial charge in [0.05, 0.1) is 11.2 Å². The molecule has 0 spiro atoms. The third kappa shape index (κ3) is 5.05. The van der Waals surface area contributed by atoms with Gasteiger partial charge in [-0.2, -0.15) is 0 Å². The fraction of sp³-hybridized carbons (Fsp3) is 0.684. The summed E-state index contributed by atoms with van der Waals surface area (Å²) in [6.07, 6.45) is 3.97. The van der Waals surface area contributed by atoms with Gasteiger partial charge in [0.2, 0.25) is 0 Å². The van der Waals surface area contributed by atoms with Crippen molar-refractivity contribution in [1.29, 1.82) is 0 Å². The van der Waals surface area contributed by atoms with E-state index in [1.165, 1.54) is 0 Å². The topological polar surface area (TPSA) is 57.7 Å². The van der Waals surface area contributed by atoms with Crippen molar-refractivity contribution < 1.29 is 18.8 Å². The molecule has 1 fully saturated rings. The number of ether oxygens (including phenoxy) is 1. The standard InChI is InChI=1S/C19H30BNO4/c1-17(2,3)23-16(22)15-14(11-9-13-21-15)10-8-12-20-24-18(4,5)19(6,7)25-20/h9,11,13H,8,10,12H2,1-7H3. The van der Waals surface area contributed by atoms with E-state index >= 15 is 0 Å². The first-order valence-electron chi connectivity index (χ1n) is 8.94. The largest absolute Gasteiger partial charge is 0.457 e. The van der Waals surface area contributed by atoms with Gasteiger partial charge in [-0.1, -0.05) is 12.5 Å². The van der Waals surface area contributed by atoms with Gasteiger partial charge in [0.1, 0.15) is 5.60 Å². The fourth-order valence-electron chi connectivity index (χ4n) is 2.69. The molecule has 1 aliphatic heterocycles. The van der Waals surface area contributed by atoms with Gasteiger partial charge >= 0.3 is 13.1 Å². The monoisotopic (exact) mass is 347 g/mol. The highest BCUT2D eigenvalue weighted by atomic mass is 16.7. The summed E-state index contributed by atoms with van der Waals surface area (Å²) in [5, 5.41) is 0. The van der Waals surface area contributed by atoms with Crippen LogP contribution in [0.2, 0.25) is 6.32 Å². The summed E-state index contributed by atoms with van der Waals surface area (Å²) in [6, 6.07) is 3.77. The number of carbonyl (C=O) groups is 1. The highest BCUT2D eigenvalue weighted by Gasteiger charge is 2.50. The number of rotatable bonds is 5. The Morgan fingerprint density at radius 3 is 2.36 bits per heavy atom. The molecule has 1 aromatic heterocycles. The second-order valence-electron chi connectivity index (χ2n) is 8.59. The van der Waals surface area contributed by atoms with Crippen molar-refractivity contribution in [1.82, 2.24) is 4.98 Å². The number of carbonyl (C=O) groups excluding carboxylic acids is 1. The molecule has 0 aliphatic carbocycles. The molecule has 1 aromatic rings. The maximum atomic E-state index is 12.3. The van der Waals surface area contributed by atoms with Gasteiger partial charge in [-0.3, -0.25) is 0 Å². The Bertz CT molecular complexity index is 606. The number of aryl methyl sites for hydroxylation is 1. The zero-order chi connectivity index (χ0) is 18.9. The van der Waals surface area contributed by atoms with Crippen LogP contribution in [-0.2, 0) is 20.5 Å². The van der Waals surface area contributed by atoms with E-state index in [1.807, 2.05) is 32.9 Å². The Balaban J connectivity index is 1.95. The van der Waals surface area contributed by atoms with Crippen LogP contribution in [0, 0.1) is 0 Å². The molecule has 2 rings (SSSR count). The molecular weight excluding hydrogens is 317 g/mol. The molecule has 1 aliphatic rings. The van der Waals surface area contributed by atoms with Crippen LogP contribution in [0.25, 0.3) is 0 Å². The highest BCUT2D eigenvalue weighted by Crippen LogP contribution is 2.38. The molecule has 0 radical (unpaired) electrons. The van der Waals surface area contributed by atoms with E-state index in [2.05, 4.69) is 32.7 Å². The minimum atomic E-state index is -0.533. The normalized spacial score (nSPS) is 19.1. The van der Waals surface area contributed by atoms with Crippen LogP contribution in [0.3, 0.4) is 0 Å². The molecule has 0 N–H and O–H groups in total. The maximum Gasteiger partial charge on any atom is 0.457 e. The van der Waals surface area contributed by atoms with E-state index in [1.54, 1.807) is 6.20 Å². The van der Waals surface area contributed by atoms with Crippen molar-refractivity contribution in [3.05, 3.63) is 29.6 Å². The molecular formula is C19H30BNO4. The average Bonchev–Trinajstić information content (AvgIpc) is 2.65. The molecule has 0 atom stereocenters. The van der Waals surface area contributed by atoms with E-state index in [-0.39, 0.29) is 24.3 Å². The lowest BCUT2D eigenvalue weighted by Gasteiger charge is -2.32. The molecule has 0 bridgehead atoms. The zero-order valence-corrected chi connectivity index (χ0v) is 16.5. The van der Waals surface area contributed by atoms with Crippen LogP contribution in [0.4, 0.5) is 0 Å². The Morgan fingerprint density at radius 1 is 1.20 bits per heavy atom. The SMILES string of the molecule is CC(C)(C)OC(=O)c1ncccc1CCCB1OC(C)(C)C(C)(C)O1. The predicted molar refractivity (Wildman–Crippen MR) is 98.6 cm³/mol. The van der Waals surface area contributed by atoms with Crippen LogP contribution in [0.15, 0.2) is 18.3 Å². The van der Waals surface area contributed by atoms with E-state index in [0.717, 1.165) is 24.7 Å². The average molecular weight is 347 g/mol. The van der Waals surface area contributed by atoms with Gasteiger partial charge in [-0.15, -0.1) is 0 Å². The van der Waals surface area contributed by atoms with Crippen molar-refractivity contribution in [2.45, 2.75) is 84.4 Å². The van der Waals surface area contributed by atoms with Gasteiger partial charge in [0, 0.05) is 6.20 Å². The second-order valence-corrected chi connectivity index (χ2v) is 8.59. The van der Waals surface area contributed by atoms with Gasteiger partial charge in [-0.25, -0.2) is 9.78 Å². The van der Waals surface area contributed by atoms with E-state index < -0.39 is 5.60 Å².